The molecule has 4 aromatic rings. The van der Waals surface area contributed by atoms with Crippen LogP contribution in [0.15, 0.2) is 82.0 Å². The summed E-state index contributed by atoms with van der Waals surface area (Å²) in [5, 5.41) is 1.06. The number of para-hydroxylation sites is 1. The molecule has 0 saturated heterocycles. The molecular formula is C22H12Cl2O4. The summed E-state index contributed by atoms with van der Waals surface area (Å²) in [5.74, 6) is -0.580. The van der Waals surface area contributed by atoms with Crippen LogP contribution in [0.4, 0.5) is 0 Å². The maximum Gasteiger partial charge on any atom is 0.348 e. The number of esters is 1. The largest absolute Gasteiger partial charge is 0.422 e. The summed E-state index contributed by atoms with van der Waals surface area (Å²) in [7, 11) is 0. The molecule has 28 heavy (non-hydrogen) atoms. The zero-order chi connectivity index (χ0) is 19.7. The number of benzene rings is 3. The van der Waals surface area contributed by atoms with Crippen molar-refractivity contribution < 1.29 is 13.9 Å². The lowest BCUT2D eigenvalue weighted by atomic mass is 10.0. The number of halogens is 2. The summed E-state index contributed by atoms with van der Waals surface area (Å²) in [6.45, 7) is 0. The van der Waals surface area contributed by atoms with E-state index in [2.05, 4.69) is 0 Å². The SMILES string of the molecule is O=C(Oc1c(-c2ccccc2)c(=O)oc2ccccc12)c1ccc(Cl)cc1Cl. The lowest BCUT2D eigenvalue weighted by Crippen LogP contribution is -2.14. The molecule has 138 valence electrons. The second-order valence-electron chi connectivity index (χ2n) is 5.97. The zero-order valence-electron chi connectivity index (χ0n) is 14.3. The molecule has 0 bridgehead atoms. The van der Waals surface area contributed by atoms with E-state index in [9.17, 15) is 9.59 Å². The van der Waals surface area contributed by atoms with E-state index < -0.39 is 11.6 Å². The van der Waals surface area contributed by atoms with Crippen molar-refractivity contribution in [3.8, 4) is 16.9 Å². The van der Waals surface area contributed by atoms with E-state index in [1.807, 2.05) is 6.07 Å². The number of rotatable bonds is 3. The van der Waals surface area contributed by atoms with Crippen molar-refractivity contribution in [1.82, 2.24) is 0 Å². The number of carbonyl (C=O) groups is 1. The van der Waals surface area contributed by atoms with Crippen molar-refractivity contribution in [2.24, 2.45) is 0 Å². The van der Waals surface area contributed by atoms with Crippen molar-refractivity contribution in [2.75, 3.05) is 0 Å². The van der Waals surface area contributed by atoms with Crippen LogP contribution >= 0.6 is 23.2 Å². The lowest BCUT2D eigenvalue weighted by Gasteiger charge is -2.12. The number of hydrogen-bond acceptors (Lipinski definition) is 4. The van der Waals surface area contributed by atoms with Gasteiger partial charge in [-0.1, -0.05) is 65.7 Å². The minimum atomic E-state index is -0.699. The smallest absolute Gasteiger partial charge is 0.348 e. The van der Waals surface area contributed by atoms with Crippen molar-refractivity contribution in [3.05, 3.63) is 98.8 Å². The Bertz CT molecular complexity index is 1250. The van der Waals surface area contributed by atoms with Gasteiger partial charge in [-0.25, -0.2) is 9.59 Å². The normalized spacial score (nSPS) is 10.8. The van der Waals surface area contributed by atoms with Gasteiger partial charge in [0.05, 0.1) is 16.0 Å². The van der Waals surface area contributed by atoms with Gasteiger partial charge in [0.1, 0.15) is 11.1 Å². The molecule has 3 aromatic carbocycles. The Morgan fingerprint density at radius 3 is 2.36 bits per heavy atom. The predicted octanol–water partition coefficient (Wildman–Crippen LogP) is 5.99. The van der Waals surface area contributed by atoms with Crippen LogP contribution < -0.4 is 10.4 Å². The van der Waals surface area contributed by atoms with Gasteiger partial charge >= 0.3 is 11.6 Å². The fraction of sp³-hybridized carbons (Fsp3) is 0. The van der Waals surface area contributed by atoms with Crippen molar-refractivity contribution in [1.29, 1.82) is 0 Å². The first-order chi connectivity index (χ1) is 13.5. The maximum absolute atomic E-state index is 12.8. The summed E-state index contributed by atoms with van der Waals surface area (Å²) in [6.07, 6.45) is 0. The van der Waals surface area contributed by atoms with Crippen LogP contribution in [0, 0.1) is 0 Å². The lowest BCUT2D eigenvalue weighted by molar-refractivity contribution is 0.0737. The van der Waals surface area contributed by atoms with Gasteiger partial charge in [0.25, 0.3) is 0 Å². The van der Waals surface area contributed by atoms with Gasteiger partial charge in [0.2, 0.25) is 0 Å². The fourth-order valence-corrected chi connectivity index (χ4v) is 3.37. The Labute approximate surface area is 169 Å². The van der Waals surface area contributed by atoms with Crippen molar-refractivity contribution >= 4 is 40.1 Å². The Morgan fingerprint density at radius 2 is 1.61 bits per heavy atom. The first-order valence-electron chi connectivity index (χ1n) is 8.33. The molecule has 1 heterocycles. The second kappa shape index (κ2) is 7.50. The van der Waals surface area contributed by atoms with Gasteiger partial charge in [-0.3, -0.25) is 0 Å². The zero-order valence-corrected chi connectivity index (χ0v) is 15.8. The quantitative estimate of drug-likeness (QED) is 0.307. The molecule has 0 aliphatic carbocycles. The number of carbonyl (C=O) groups excluding carboxylic acids is 1. The molecule has 0 aliphatic rings. The minimum Gasteiger partial charge on any atom is -0.422 e. The van der Waals surface area contributed by atoms with Crippen molar-refractivity contribution in [2.45, 2.75) is 0 Å². The van der Waals surface area contributed by atoms with E-state index >= 15 is 0 Å². The van der Waals surface area contributed by atoms with E-state index in [0.717, 1.165) is 0 Å². The van der Waals surface area contributed by atoms with Crippen molar-refractivity contribution in [3.63, 3.8) is 0 Å². The summed E-state index contributed by atoms with van der Waals surface area (Å²) >= 11 is 12.0. The van der Waals surface area contributed by atoms with Gasteiger partial charge in [-0.15, -0.1) is 0 Å². The van der Waals surface area contributed by atoms with Gasteiger partial charge in [-0.05, 0) is 35.9 Å². The Kier molecular flexibility index (Phi) is 4.90. The molecule has 1 aromatic heterocycles. The van der Waals surface area contributed by atoms with E-state index in [-0.39, 0.29) is 21.9 Å². The van der Waals surface area contributed by atoms with E-state index in [4.69, 9.17) is 32.4 Å². The van der Waals surface area contributed by atoms with Crippen LogP contribution in [0.5, 0.6) is 5.75 Å². The molecule has 0 radical (unpaired) electrons. The standard InChI is InChI=1S/C22H12Cl2O4/c23-14-10-11-15(17(24)12-14)21(25)28-20-16-8-4-5-9-18(16)27-22(26)19(20)13-6-2-1-3-7-13/h1-12H. The highest BCUT2D eigenvalue weighted by Crippen LogP contribution is 2.35. The Morgan fingerprint density at radius 1 is 0.893 bits per heavy atom. The molecule has 0 fully saturated rings. The maximum atomic E-state index is 12.8. The molecule has 6 heteroatoms. The van der Waals surface area contributed by atoms with Gasteiger partial charge in [-0.2, -0.15) is 0 Å². The molecule has 0 atom stereocenters. The molecular weight excluding hydrogens is 399 g/mol. The Balaban J connectivity index is 1.92. The third-order valence-corrected chi connectivity index (χ3v) is 4.72. The number of ether oxygens (including phenoxy) is 1. The average Bonchev–Trinajstić information content (AvgIpc) is 2.68. The number of hydrogen-bond donors (Lipinski definition) is 0. The molecule has 0 saturated carbocycles. The summed E-state index contributed by atoms with van der Waals surface area (Å²) in [4.78, 5) is 25.5. The monoisotopic (exact) mass is 410 g/mol. The Hall–Kier alpha value is -3.08. The van der Waals surface area contributed by atoms with Gasteiger partial charge in [0.15, 0.2) is 5.75 Å². The van der Waals surface area contributed by atoms with E-state index in [1.165, 1.54) is 12.1 Å². The first kappa shape index (κ1) is 18.3. The van der Waals surface area contributed by atoms with Gasteiger partial charge in [0, 0.05) is 5.02 Å². The highest BCUT2D eigenvalue weighted by molar-refractivity contribution is 6.36. The molecule has 0 N–H and O–H groups in total. The second-order valence-corrected chi connectivity index (χ2v) is 6.81. The molecule has 4 nitrogen and oxygen atoms in total. The van der Waals surface area contributed by atoms with Gasteiger partial charge < -0.3 is 9.15 Å². The van der Waals surface area contributed by atoms with Crippen LogP contribution in [0.2, 0.25) is 10.0 Å². The minimum absolute atomic E-state index is 0.120. The summed E-state index contributed by atoms with van der Waals surface area (Å²) < 4.78 is 11.1. The van der Waals surface area contributed by atoms with Crippen LogP contribution in [0.1, 0.15) is 10.4 Å². The average molecular weight is 411 g/mol. The third-order valence-electron chi connectivity index (χ3n) is 4.17. The molecule has 0 spiro atoms. The van der Waals surface area contributed by atoms with Crippen LogP contribution in [0.3, 0.4) is 0 Å². The topological polar surface area (TPSA) is 56.5 Å². The van der Waals surface area contributed by atoms with Crippen LogP contribution in [-0.2, 0) is 0 Å². The highest BCUT2D eigenvalue weighted by atomic mass is 35.5. The summed E-state index contributed by atoms with van der Waals surface area (Å²) in [6, 6.07) is 20.2. The van der Waals surface area contributed by atoms with Crippen LogP contribution in [0.25, 0.3) is 22.1 Å². The third kappa shape index (κ3) is 3.40. The molecule has 0 amide bonds. The van der Waals surface area contributed by atoms with E-state index in [1.54, 1.807) is 54.6 Å². The first-order valence-corrected chi connectivity index (χ1v) is 9.08. The summed E-state index contributed by atoms with van der Waals surface area (Å²) in [5.41, 5.74) is 0.597. The highest BCUT2D eigenvalue weighted by Gasteiger charge is 2.22. The predicted molar refractivity (Wildman–Crippen MR) is 109 cm³/mol. The molecule has 0 unspecified atom stereocenters. The van der Waals surface area contributed by atoms with Crippen LogP contribution in [-0.4, -0.2) is 5.97 Å². The van der Waals surface area contributed by atoms with E-state index in [0.29, 0.717) is 21.6 Å². The number of fused-ring (bicyclic) bond motifs is 1. The fourth-order valence-electron chi connectivity index (χ4n) is 2.88. The molecule has 4 rings (SSSR count). The molecule has 0 aliphatic heterocycles.